The predicted molar refractivity (Wildman–Crippen MR) is 100 cm³/mol. The normalized spacial score (nSPS) is 17.6. The number of hydrogen-bond acceptors (Lipinski definition) is 6. The molecule has 2 unspecified atom stereocenters. The largest absolute Gasteiger partial charge is 0.445 e. The highest BCUT2D eigenvalue weighted by Crippen LogP contribution is 2.12. The molecule has 10 nitrogen and oxygen atoms in total. The molecule has 2 atom stereocenters. The van der Waals surface area contributed by atoms with Crippen LogP contribution < -0.4 is 16.0 Å². The Morgan fingerprint density at radius 3 is 2.72 bits per heavy atom. The molecule has 3 rings (SSSR count). The van der Waals surface area contributed by atoms with Gasteiger partial charge in [-0.3, -0.25) is 19.5 Å². The lowest BCUT2D eigenvalue weighted by molar-refractivity contribution is -0.139. The predicted octanol–water partition coefficient (Wildman–Crippen LogP) is 0.341. The molecule has 29 heavy (non-hydrogen) atoms. The van der Waals surface area contributed by atoms with E-state index in [4.69, 9.17) is 4.74 Å². The number of Topliss-reactive ketones (excluding diaryl/α,β-unsaturated/α-hetero) is 1. The monoisotopic (exact) mass is 399 g/mol. The molecule has 2 aromatic rings. The first-order chi connectivity index (χ1) is 14.0. The molecule has 0 saturated carbocycles. The Kier molecular flexibility index (Phi) is 6.56. The van der Waals surface area contributed by atoms with Gasteiger partial charge in [0, 0.05) is 12.7 Å². The van der Waals surface area contributed by atoms with Gasteiger partial charge in [0.25, 0.3) is 5.91 Å². The highest BCUT2D eigenvalue weighted by Gasteiger charge is 2.32. The fraction of sp³-hybridized carbons (Fsp3) is 0.316. The van der Waals surface area contributed by atoms with E-state index >= 15 is 0 Å². The van der Waals surface area contributed by atoms with Gasteiger partial charge in [0.05, 0.1) is 11.7 Å². The quantitative estimate of drug-likeness (QED) is 0.516. The molecule has 0 radical (unpaired) electrons. The Morgan fingerprint density at radius 2 is 2.00 bits per heavy atom. The third kappa shape index (κ3) is 5.41. The summed E-state index contributed by atoms with van der Waals surface area (Å²) in [5.41, 5.74) is 1.10. The SMILES string of the molecule is O=C(NC(C(=O)NC1CCCNC(=O)C1=O)c1ccn[nH]1)OCc1ccccc1. The summed E-state index contributed by atoms with van der Waals surface area (Å²) >= 11 is 0. The van der Waals surface area contributed by atoms with Gasteiger partial charge in [0.1, 0.15) is 6.61 Å². The lowest BCUT2D eigenvalue weighted by Gasteiger charge is -2.20. The first kappa shape index (κ1) is 20.1. The minimum atomic E-state index is -1.17. The van der Waals surface area contributed by atoms with Crippen LogP contribution in [0.5, 0.6) is 0 Å². The van der Waals surface area contributed by atoms with Gasteiger partial charge in [0.15, 0.2) is 6.04 Å². The molecule has 1 fully saturated rings. The van der Waals surface area contributed by atoms with E-state index < -0.39 is 35.8 Å². The Morgan fingerprint density at radius 1 is 1.21 bits per heavy atom. The van der Waals surface area contributed by atoms with Crippen LogP contribution in [-0.2, 0) is 25.7 Å². The number of H-pyrrole nitrogens is 1. The maximum Gasteiger partial charge on any atom is 0.408 e. The van der Waals surface area contributed by atoms with Crippen LogP contribution in [0.25, 0.3) is 0 Å². The Labute approximate surface area is 166 Å². The molecule has 1 aliphatic heterocycles. The number of ketones is 1. The lowest BCUT2D eigenvalue weighted by Crippen LogP contribution is -2.49. The smallest absolute Gasteiger partial charge is 0.408 e. The van der Waals surface area contributed by atoms with Crippen LogP contribution >= 0.6 is 0 Å². The number of hydrogen-bond donors (Lipinski definition) is 4. The minimum absolute atomic E-state index is 0.0330. The fourth-order valence-electron chi connectivity index (χ4n) is 2.87. The van der Waals surface area contributed by atoms with Crippen molar-refractivity contribution in [1.29, 1.82) is 0 Å². The second kappa shape index (κ2) is 9.49. The molecule has 1 aromatic carbocycles. The topological polar surface area (TPSA) is 142 Å². The van der Waals surface area contributed by atoms with Crippen molar-refractivity contribution in [2.45, 2.75) is 31.5 Å². The summed E-state index contributed by atoms with van der Waals surface area (Å²) in [6, 6.07) is 8.47. The van der Waals surface area contributed by atoms with Gasteiger partial charge in [-0.15, -0.1) is 0 Å². The van der Waals surface area contributed by atoms with Crippen molar-refractivity contribution in [2.24, 2.45) is 0 Å². The van der Waals surface area contributed by atoms with Gasteiger partial charge < -0.3 is 20.7 Å². The molecule has 1 saturated heterocycles. The number of carbonyl (C=O) groups is 4. The summed E-state index contributed by atoms with van der Waals surface area (Å²) < 4.78 is 5.16. The van der Waals surface area contributed by atoms with Gasteiger partial charge in [-0.05, 0) is 24.5 Å². The van der Waals surface area contributed by atoms with E-state index in [-0.39, 0.29) is 6.61 Å². The van der Waals surface area contributed by atoms with Crippen LogP contribution in [0.15, 0.2) is 42.6 Å². The molecule has 1 aliphatic rings. The second-order valence-corrected chi connectivity index (χ2v) is 6.47. The van der Waals surface area contributed by atoms with E-state index in [2.05, 4.69) is 26.1 Å². The molecule has 4 N–H and O–H groups in total. The standard InChI is InChI=1S/C19H21N5O5/c25-16-14(7-4-9-20-18(16)27)22-17(26)15(13-8-10-21-24-13)23-19(28)29-11-12-5-2-1-3-6-12/h1-3,5-6,8,10,14-15H,4,7,9,11H2,(H,20,27)(H,21,24)(H,22,26)(H,23,28). The maximum absolute atomic E-state index is 12.8. The van der Waals surface area contributed by atoms with Gasteiger partial charge in [-0.1, -0.05) is 30.3 Å². The fourth-order valence-corrected chi connectivity index (χ4v) is 2.87. The number of aromatic amines is 1. The van der Waals surface area contributed by atoms with Gasteiger partial charge in [-0.25, -0.2) is 4.79 Å². The van der Waals surface area contributed by atoms with E-state index in [1.165, 1.54) is 12.3 Å². The van der Waals surface area contributed by atoms with Crippen LogP contribution in [0, 0.1) is 0 Å². The van der Waals surface area contributed by atoms with Crippen molar-refractivity contribution in [1.82, 2.24) is 26.1 Å². The Balaban J connectivity index is 1.65. The van der Waals surface area contributed by atoms with E-state index in [1.807, 2.05) is 18.2 Å². The molecule has 152 valence electrons. The molecule has 10 heteroatoms. The van der Waals surface area contributed by atoms with Gasteiger partial charge in [-0.2, -0.15) is 5.10 Å². The van der Waals surface area contributed by atoms with Gasteiger partial charge in [0.2, 0.25) is 11.7 Å². The number of rotatable bonds is 6. The molecule has 0 bridgehead atoms. The zero-order chi connectivity index (χ0) is 20.6. The molecule has 2 heterocycles. The van der Waals surface area contributed by atoms with E-state index in [0.717, 1.165) is 5.56 Å². The summed E-state index contributed by atoms with van der Waals surface area (Å²) in [6.45, 7) is 0.399. The first-order valence-electron chi connectivity index (χ1n) is 9.13. The molecule has 0 aliphatic carbocycles. The van der Waals surface area contributed by atoms with Crippen LogP contribution in [0.1, 0.15) is 30.1 Å². The van der Waals surface area contributed by atoms with E-state index in [9.17, 15) is 19.2 Å². The highest BCUT2D eigenvalue weighted by atomic mass is 16.5. The third-order valence-electron chi connectivity index (χ3n) is 4.38. The summed E-state index contributed by atoms with van der Waals surface area (Å²) in [7, 11) is 0. The first-order valence-corrected chi connectivity index (χ1v) is 9.13. The maximum atomic E-state index is 12.8. The van der Waals surface area contributed by atoms with Gasteiger partial charge >= 0.3 is 6.09 Å². The molecule has 3 amide bonds. The van der Waals surface area contributed by atoms with Crippen molar-refractivity contribution in [3.05, 3.63) is 53.9 Å². The average Bonchev–Trinajstić information content (AvgIpc) is 3.22. The molecular formula is C19H21N5O5. The average molecular weight is 399 g/mol. The van der Waals surface area contributed by atoms with Crippen LogP contribution in [0.2, 0.25) is 0 Å². The zero-order valence-corrected chi connectivity index (χ0v) is 15.5. The van der Waals surface area contributed by atoms with Crippen molar-refractivity contribution < 1.29 is 23.9 Å². The van der Waals surface area contributed by atoms with Crippen molar-refractivity contribution in [3.63, 3.8) is 0 Å². The molecular weight excluding hydrogens is 378 g/mol. The molecule has 0 spiro atoms. The summed E-state index contributed by atoms with van der Waals surface area (Å²) in [5, 5.41) is 13.9. The number of aromatic nitrogens is 2. The summed E-state index contributed by atoms with van der Waals surface area (Å²) in [5.74, 6) is -2.11. The number of nitrogens with one attached hydrogen (secondary N) is 4. The van der Waals surface area contributed by atoms with Crippen molar-refractivity contribution in [3.8, 4) is 0 Å². The summed E-state index contributed by atoms with van der Waals surface area (Å²) in [4.78, 5) is 48.8. The van der Waals surface area contributed by atoms with Crippen LogP contribution in [0.3, 0.4) is 0 Å². The van der Waals surface area contributed by atoms with Crippen molar-refractivity contribution >= 4 is 23.7 Å². The second-order valence-electron chi connectivity index (χ2n) is 6.47. The van der Waals surface area contributed by atoms with Crippen molar-refractivity contribution in [2.75, 3.05) is 6.54 Å². The molecule has 1 aromatic heterocycles. The highest BCUT2D eigenvalue weighted by molar-refractivity contribution is 6.38. The number of amides is 3. The number of benzene rings is 1. The number of nitrogens with zero attached hydrogens (tertiary/aromatic N) is 1. The van der Waals surface area contributed by atoms with Crippen LogP contribution in [-0.4, -0.2) is 46.5 Å². The third-order valence-corrected chi connectivity index (χ3v) is 4.38. The zero-order valence-electron chi connectivity index (χ0n) is 15.5. The number of ether oxygens (including phenoxy) is 1. The number of alkyl carbamates (subject to hydrolysis) is 1. The minimum Gasteiger partial charge on any atom is -0.445 e. The Hall–Kier alpha value is -3.69. The number of carbonyl (C=O) groups excluding carboxylic acids is 4. The summed E-state index contributed by atoms with van der Waals surface area (Å²) in [6.07, 6.45) is 1.48. The van der Waals surface area contributed by atoms with Crippen LogP contribution in [0.4, 0.5) is 4.79 Å². The van der Waals surface area contributed by atoms with E-state index in [0.29, 0.717) is 25.1 Å². The Bertz CT molecular complexity index is 868. The lowest BCUT2D eigenvalue weighted by atomic mass is 10.1. The van der Waals surface area contributed by atoms with E-state index in [1.54, 1.807) is 12.1 Å².